The van der Waals surface area contributed by atoms with Gasteiger partial charge in [-0.3, -0.25) is 4.79 Å². The Morgan fingerprint density at radius 2 is 2.14 bits per heavy atom. The van der Waals surface area contributed by atoms with Crippen molar-refractivity contribution in [1.29, 1.82) is 5.26 Å². The van der Waals surface area contributed by atoms with Gasteiger partial charge < -0.3 is 9.64 Å². The van der Waals surface area contributed by atoms with Gasteiger partial charge in [0.05, 0.1) is 18.2 Å². The zero-order chi connectivity index (χ0) is 15.2. The molecule has 0 spiro atoms. The molecule has 4 heteroatoms. The molecule has 0 N–H and O–H groups in total. The number of amides is 1. The quantitative estimate of drug-likeness (QED) is 0.735. The molecule has 0 saturated heterocycles. The van der Waals surface area contributed by atoms with Gasteiger partial charge in [0.1, 0.15) is 5.75 Å². The summed E-state index contributed by atoms with van der Waals surface area (Å²) < 4.78 is 5.87. The Bertz CT molecular complexity index is 670. The molecule has 1 aromatic carbocycles. The summed E-state index contributed by atoms with van der Waals surface area (Å²) in [6.07, 6.45) is 1.71. The van der Waals surface area contributed by atoms with Crippen LogP contribution in [0, 0.1) is 17.2 Å². The van der Waals surface area contributed by atoms with Crippen molar-refractivity contribution in [1.82, 2.24) is 4.90 Å². The molecule has 0 fully saturated rings. The van der Waals surface area contributed by atoms with Crippen LogP contribution in [0.2, 0.25) is 0 Å². The van der Waals surface area contributed by atoms with E-state index in [2.05, 4.69) is 6.07 Å². The summed E-state index contributed by atoms with van der Waals surface area (Å²) in [6.45, 7) is 6.12. The highest BCUT2D eigenvalue weighted by Gasteiger charge is 2.49. The van der Waals surface area contributed by atoms with E-state index in [1.165, 1.54) is 6.92 Å². The maximum atomic E-state index is 11.9. The number of carbonyl (C=O) groups excluding carboxylic acids is 1. The van der Waals surface area contributed by atoms with E-state index in [0.717, 1.165) is 11.3 Å². The lowest BCUT2D eigenvalue weighted by Crippen LogP contribution is -2.56. The Morgan fingerprint density at radius 3 is 2.81 bits per heavy atom. The predicted molar refractivity (Wildman–Crippen MR) is 78.5 cm³/mol. The van der Waals surface area contributed by atoms with Gasteiger partial charge in [-0.25, -0.2) is 0 Å². The number of para-hydroxylation sites is 1. The van der Waals surface area contributed by atoms with Gasteiger partial charge in [-0.1, -0.05) is 18.2 Å². The van der Waals surface area contributed by atoms with E-state index < -0.39 is 0 Å². The van der Waals surface area contributed by atoms with Crippen molar-refractivity contribution >= 4 is 5.91 Å². The third kappa shape index (κ3) is 1.92. The van der Waals surface area contributed by atoms with Gasteiger partial charge in [0.25, 0.3) is 0 Å². The second-order valence-electron chi connectivity index (χ2n) is 6.17. The van der Waals surface area contributed by atoms with Crippen molar-refractivity contribution in [3.8, 4) is 11.8 Å². The van der Waals surface area contributed by atoms with E-state index in [9.17, 15) is 10.1 Å². The summed E-state index contributed by atoms with van der Waals surface area (Å²) in [5.41, 5.74) is 1.28. The molecular weight excluding hydrogens is 264 g/mol. The van der Waals surface area contributed by atoms with Crippen molar-refractivity contribution in [2.75, 3.05) is 6.61 Å². The van der Waals surface area contributed by atoms with Gasteiger partial charge >= 0.3 is 0 Å². The van der Waals surface area contributed by atoms with E-state index in [-0.39, 0.29) is 23.3 Å². The van der Waals surface area contributed by atoms with Gasteiger partial charge in [0, 0.05) is 36.1 Å². The number of rotatable bonds is 0. The van der Waals surface area contributed by atoms with Crippen LogP contribution in [-0.2, 0) is 4.79 Å². The Labute approximate surface area is 124 Å². The highest BCUT2D eigenvalue weighted by Crippen LogP contribution is 2.49. The first kappa shape index (κ1) is 13.7. The van der Waals surface area contributed by atoms with Crippen LogP contribution in [0.5, 0.6) is 5.75 Å². The number of allylic oxidation sites excluding steroid dienone is 1. The molecule has 1 aromatic rings. The molecule has 4 nitrogen and oxygen atoms in total. The predicted octanol–water partition coefficient (Wildman–Crippen LogP) is 2.83. The topological polar surface area (TPSA) is 53.3 Å². The molecule has 0 aliphatic carbocycles. The minimum Gasteiger partial charge on any atom is -0.493 e. The molecule has 2 aliphatic rings. The van der Waals surface area contributed by atoms with Gasteiger partial charge in [-0.2, -0.15) is 5.26 Å². The van der Waals surface area contributed by atoms with E-state index in [0.29, 0.717) is 12.2 Å². The normalized spacial score (nSPS) is 25.8. The van der Waals surface area contributed by atoms with Crippen molar-refractivity contribution in [2.45, 2.75) is 32.2 Å². The first-order valence-corrected chi connectivity index (χ1v) is 7.10. The van der Waals surface area contributed by atoms with Crippen LogP contribution in [0.4, 0.5) is 0 Å². The first-order valence-electron chi connectivity index (χ1n) is 7.10. The van der Waals surface area contributed by atoms with Crippen molar-refractivity contribution in [3.63, 3.8) is 0 Å². The van der Waals surface area contributed by atoms with Crippen LogP contribution in [0.3, 0.4) is 0 Å². The van der Waals surface area contributed by atoms with Gasteiger partial charge in [0.15, 0.2) is 0 Å². The summed E-state index contributed by atoms with van der Waals surface area (Å²) in [4.78, 5) is 13.6. The third-order valence-corrected chi connectivity index (χ3v) is 4.67. The molecule has 1 amide bonds. The smallest absolute Gasteiger partial charge is 0.223 e. The lowest BCUT2D eigenvalue weighted by molar-refractivity contribution is -0.133. The number of nitrogens with zero attached hydrogens (tertiary/aromatic N) is 2. The largest absolute Gasteiger partial charge is 0.493 e. The Morgan fingerprint density at radius 1 is 1.43 bits per heavy atom. The molecule has 108 valence electrons. The van der Waals surface area contributed by atoms with Crippen LogP contribution in [0.25, 0.3) is 0 Å². The highest BCUT2D eigenvalue weighted by atomic mass is 16.5. The monoisotopic (exact) mass is 282 g/mol. The minimum atomic E-state index is -0.385. The molecule has 0 aromatic heterocycles. The lowest BCUT2D eigenvalue weighted by atomic mass is 9.68. The fourth-order valence-corrected chi connectivity index (χ4v) is 3.52. The number of nitriles is 1. The number of hydrogen-bond acceptors (Lipinski definition) is 3. The number of benzene rings is 1. The van der Waals surface area contributed by atoms with Crippen molar-refractivity contribution < 1.29 is 9.53 Å². The van der Waals surface area contributed by atoms with Gasteiger partial charge in [-0.05, 0) is 19.9 Å². The average molecular weight is 282 g/mol. The van der Waals surface area contributed by atoms with Crippen molar-refractivity contribution in [3.05, 3.63) is 41.6 Å². The molecule has 2 heterocycles. The summed E-state index contributed by atoms with van der Waals surface area (Å²) in [5, 5.41) is 9.53. The maximum absolute atomic E-state index is 11.9. The van der Waals surface area contributed by atoms with E-state index in [4.69, 9.17) is 4.74 Å². The van der Waals surface area contributed by atoms with Crippen molar-refractivity contribution in [2.24, 2.45) is 5.92 Å². The number of hydrogen-bond donors (Lipinski definition) is 0. The fraction of sp³-hybridized carbons (Fsp3) is 0.412. The van der Waals surface area contributed by atoms with E-state index in [1.54, 1.807) is 11.1 Å². The van der Waals surface area contributed by atoms with Crippen LogP contribution in [0.15, 0.2) is 36.0 Å². The fourth-order valence-electron chi connectivity index (χ4n) is 3.52. The molecule has 0 radical (unpaired) electrons. The molecule has 2 atom stereocenters. The van der Waals surface area contributed by atoms with E-state index in [1.807, 2.05) is 38.1 Å². The standard InChI is InChI=1S/C17H18N2O2/c1-11(20)19-9-12(8-18)16-13-6-4-5-7-15(13)21-10-14(16)17(19,2)3/h4-7,9,14,16H,10H2,1-3H3/t14-,16+/m0/s1. The minimum absolute atomic E-state index is 0.00875. The Hall–Kier alpha value is -2.28. The second-order valence-corrected chi connectivity index (χ2v) is 6.17. The van der Waals surface area contributed by atoms with E-state index >= 15 is 0 Å². The molecular formula is C17H18N2O2. The maximum Gasteiger partial charge on any atom is 0.223 e. The average Bonchev–Trinajstić information content (AvgIpc) is 2.46. The van der Waals surface area contributed by atoms with Gasteiger partial charge in [0.2, 0.25) is 5.91 Å². The summed E-state index contributed by atoms with van der Waals surface area (Å²) in [6, 6.07) is 10.1. The first-order chi connectivity index (χ1) is 9.96. The van der Waals surface area contributed by atoms with Crippen LogP contribution >= 0.6 is 0 Å². The molecule has 2 aliphatic heterocycles. The Kier molecular flexibility index (Phi) is 3.02. The van der Waals surface area contributed by atoms with Crippen LogP contribution < -0.4 is 4.74 Å². The number of fused-ring (bicyclic) bond motifs is 3. The summed E-state index contributed by atoms with van der Waals surface area (Å²) >= 11 is 0. The van der Waals surface area contributed by atoms with Gasteiger partial charge in [-0.15, -0.1) is 0 Å². The summed E-state index contributed by atoms with van der Waals surface area (Å²) in [7, 11) is 0. The molecule has 0 bridgehead atoms. The molecule has 21 heavy (non-hydrogen) atoms. The third-order valence-electron chi connectivity index (χ3n) is 4.67. The zero-order valence-corrected chi connectivity index (χ0v) is 12.5. The Balaban J connectivity index is 2.19. The second kappa shape index (κ2) is 4.63. The zero-order valence-electron chi connectivity index (χ0n) is 12.5. The highest BCUT2D eigenvalue weighted by molar-refractivity contribution is 5.76. The van der Waals surface area contributed by atoms with Crippen LogP contribution in [0.1, 0.15) is 32.3 Å². The molecule has 0 saturated carbocycles. The SMILES string of the molecule is CC(=O)N1C=C(C#N)[C@@H]2c3ccccc3OC[C@@H]2C1(C)C. The lowest BCUT2D eigenvalue weighted by Gasteiger charge is -2.50. The number of carbonyl (C=O) groups is 1. The summed E-state index contributed by atoms with van der Waals surface area (Å²) in [5.74, 6) is 0.846. The number of ether oxygens (including phenoxy) is 1. The molecule has 0 unspecified atom stereocenters. The van der Waals surface area contributed by atoms with Crippen LogP contribution in [-0.4, -0.2) is 23.0 Å². The molecule has 3 rings (SSSR count).